The number of hydrogen-bond acceptors (Lipinski definition) is 0. The Balaban J connectivity index is 2.24. The number of aryl methyl sites for hydroxylation is 2. The molecule has 0 bridgehead atoms. The standard InChI is InChI=1S/C27H26/c1-17(2)14-25-19(4)16-22-11-7-9-13-24(22)27(25)26-20(5)18(3)15-21-10-6-8-12-23(21)26/h6-13,15-16H,1,14H2,2-5H3. The van der Waals surface area contributed by atoms with Crippen LogP contribution in [0.2, 0.25) is 0 Å². The minimum Gasteiger partial charge on any atom is -0.0998 e. The van der Waals surface area contributed by atoms with Gasteiger partial charge in [0, 0.05) is 0 Å². The van der Waals surface area contributed by atoms with E-state index in [0.29, 0.717) is 0 Å². The molecule has 0 spiro atoms. The van der Waals surface area contributed by atoms with Crippen molar-refractivity contribution in [2.45, 2.75) is 34.1 Å². The molecule has 0 heteroatoms. The third-order valence-electron chi connectivity index (χ3n) is 5.68. The molecule has 0 saturated heterocycles. The van der Waals surface area contributed by atoms with Crippen LogP contribution in [0.1, 0.15) is 29.2 Å². The molecule has 0 aliphatic rings. The van der Waals surface area contributed by atoms with E-state index in [2.05, 4.69) is 94.9 Å². The van der Waals surface area contributed by atoms with Gasteiger partial charge in [0.15, 0.2) is 0 Å². The van der Waals surface area contributed by atoms with Crippen LogP contribution in [0.15, 0.2) is 72.8 Å². The highest BCUT2D eigenvalue weighted by Gasteiger charge is 2.18. The van der Waals surface area contributed by atoms with Gasteiger partial charge in [0.25, 0.3) is 0 Å². The van der Waals surface area contributed by atoms with Crippen LogP contribution in [0.5, 0.6) is 0 Å². The fraction of sp³-hybridized carbons (Fsp3) is 0.185. The second-order valence-corrected chi connectivity index (χ2v) is 7.82. The summed E-state index contributed by atoms with van der Waals surface area (Å²) in [6.07, 6.45) is 0.910. The zero-order valence-electron chi connectivity index (χ0n) is 16.7. The van der Waals surface area contributed by atoms with Crippen LogP contribution in [0.4, 0.5) is 0 Å². The van der Waals surface area contributed by atoms with Crippen molar-refractivity contribution in [2.24, 2.45) is 0 Å². The Hall–Kier alpha value is -2.86. The van der Waals surface area contributed by atoms with Crippen LogP contribution in [0.25, 0.3) is 32.7 Å². The van der Waals surface area contributed by atoms with Crippen molar-refractivity contribution in [1.29, 1.82) is 0 Å². The summed E-state index contributed by atoms with van der Waals surface area (Å²) in [5.74, 6) is 0. The predicted octanol–water partition coefficient (Wildman–Crippen LogP) is 7.70. The Morgan fingerprint density at radius 1 is 0.741 bits per heavy atom. The van der Waals surface area contributed by atoms with E-state index in [9.17, 15) is 0 Å². The second-order valence-electron chi connectivity index (χ2n) is 7.82. The quantitative estimate of drug-likeness (QED) is 0.332. The normalized spacial score (nSPS) is 11.3. The van der Waals surface area contributed by atoms with E-state index in [1.807, 2.05) is 0 Å². The number of allylic oxidation sites excluding steroid dienone is 1. The van der Waals surface area contributed by atoms with Crippen molar-refractivity contribution in [2.75, 3.05) is 0 Å². The Morgan fingerprint density at radius 2 is 1.26 bits per heavy atom. The van der Waals surface area contributed by atoms with E-state index in [1.165, 1.54) is 60.5 Å². The minimum absolute atomic E-state index is 0.910. The highest BCUT2D eigenvalue weighted by atomic mass is 14.2. The molecule has 0 unspecified atom stereocenters. The first-order valence-electron chi connectivity index (χ1n) is 9.62. The molecule has 4 aromatic rings. The van der Waals surface area contributed by atoms with Crippen molar-refractivity contribution in [3.05, 3.63) is 95.1 Å². The van der Waals surface area contributed by atoms with Gasteiger partial charge in [-0.2, -0.15) is 0 Å². The summed E-state index contributed by atoms with van der Waals surface area (Å²) in [6.45, 7) is 13.1. The Labute approximate surface area is 162 Å². The van der Waals surface area contributed by atoms with Gasteiger partial charge in [-0.05, 0) is 89.0 Å². The summed E-state index contributed by atoms with van der Waals surface area (Å²) in [4.78, 5) is 0. The SMILES string of the molecule is C=C(C)Cc1c(C)cc2ccccc2c1-c1c(C)c(C)cc2ccccc12. The average Bonchev–Trinajstić information content (AvgIpc) is 2.64. The van der Waals surface area contributed by atoms with Gasteiger partial charge >= 0.3 is 0 Å². The zero-order chi connectivity index (χ0) is 19.1. The second kappa shape index (κ2) is 6.70. The van der Waals surface area contributed by atoms with Crippen molar-refractivity contribution in [3.8, 4) is 11.1 Å². The molecule has 0 atom stereocenters. The van der Waals surface area contributed by atoms with Crippen LogP contribution in [0, 0.1) is 20.8 Å². The van der Waals surface area contributed by atoms with Gasteiger partial charge in [-0.15, -0.1) is 0 Å². The smallest absolute Gasteiger partial charge is 0.00584 e. The maximum absolute atomic E-state index is 4.21. The molecular weight excluding hydrogens is 324 g/mol. The van der Waals surface area contributed by atoms with Gasteiger partial charge in [0.1, 0.15) is 0 Å². The lowest BCUT2D eigenvalue weighted by atomic mass is 9.82. The summed E-state index contributed by atoms with van der Waals surface area (Å²) in [7, 11) is 0. The van der Waals surface area contributed by atoms with Crippen molar-refractivity contribution in [1.82, 2.24) is 0 Å². The fourth-order valence-corrected chi connectivity index (χ4v) is 4.26. The van der Waals surface area contributed by atoms with Crippen LogP contribution in [0.3, 0.4) is 0 Å². The first-order chi connectivity index (χ1) is 13.0. The summed E-state index contributed by atoms with van der Waals surface area (Å²) >= 11 is 0. The van der Waals surface area contributed by atoms with Gasteiger partial charge in [-0.1, -0.05) is 72.8 Å². The Morgan fingerprint density at radius 3 is 1.85 bits per heavy atom. The van der Waals surface area contributed by atoms with Crippen LogP contribution in [-0.2, 0) is 6.42 Å². The zero-order valence-corrected chi connectivity index (χ0v) is 16.7. The molecular formula is C27H26. The number of fused-ring (bicyclic) bond motifs is 2. The lowest BCUT2D eigenvalue weighted by Crippen LogP contribution is -2.00. The van der Waals surface area contributed by atoms with E-state index in [-0.39, 0.29) is 0 Å². The first kappa shape index (κ1) is 17.5. The van der Waals surface area contributed by atoms with E-state index in [4.69, 9.17) is 0 Å². The molecule has 4 rings (SSSR count). The third-order valence-corrected chi connectivity index (χ3v) is 5.68. The topological polar surface area (TPSA) is 0 Å². The summed E-state index contributed by atoms with van der Waals surface area (Å²) in [5, 5.41) is 5.28. The maximum atomic E-state index is 4.21. The predicted molar refractivity (Wildman–Crippen MR) is 120 cm³/mol. The lowest BCUT2D eigenvalue weighted by molar-refractivity contribution is 1.13. The van der Waals surface area contributed by atoms with Gasteiger partial charge in [-0.25, -0.2) is 0 Å². The molecule has 27 heavy (non-hydrogen) atoms. The highest BCUT2D eigenvalue weighted by molar-refractivity contribution is 6.08. The molecule has 4 aromatic carbocycles. The Bertz CT molecular complexity index is 1190. The number of rotatable bonds is 3. The van der Waals surface area contributed by atoms with E-state index in [0.717, 1.165) is 6.42 Å². The van der Waals surface area contributed by atoms with Crippen LogP contribution in [-0.4, -0.2) is 0 Å². The molecule has 0 radical (unpaired) electrons. The van der Waals surface area contributed by atoms with Gasteiger partial charge in [-0.3, -0.25) is 0 Å². The number of hydrogen-bond donors (Lipinski definition) is 0. The molecule has 0 aliphatic carbocycles. The summed E-state index contributed by atoms with van der Waals surface area (Å²) in [5.41, 5.74) is 9.41. The van der Waals surface area contributed by atoms with E-state index >= 15 is 0 Å². The largest absolute Gasteiger partial charge is 0.0998 e. The van der Waals surface area contributed by atoms with Gasteiger partial charge in [0.2, 0.25) is 0 Å². The van der Waals surface area contributed by atoms with Gasteiger partial charge < -0.3 is 0 Å². The molecule has 0 heterocycles. The summed E-state index contributed by atoms with van der Waals surface area (Å²) in [6, 6.07) is 22.2. The molecule has 0 fully saturated rings. The number of benzene rings is 4. The molecule has 0 aromatic heterocycles. The van der Waals surface area contributed by atoms with E-state index in [1.54, 1.807) is 0 Å². The fourth-order valence-electron chi connectivity index (χ4n) is 4.26. The summed E-state index contributed by atoms with van der Waals surface area (Å²) < 4.78 is 0. The Kier molecular flexibility index (Phi) is 4.36. The lowest BCUT2D eigenvalue weighted by Gasteiger charge is -2.21. The third kappa shape index (κ3) is 2.96. The van der Waals surface area contributed by atoms with Crippen molar-refractivity contribution >= 4 is 21.5 Å². The maximum Gasteiger partial charge on any atom is -0.00584 e. The van der Waals surface area contributed by atoms with Crippen LogP contribution < -0.4 is 0 Å². The van der Waals surface area contributed by atoms with Crippen molar-refractivity contribution < 1.29 is 0 Å². The molecule has 0 nitrogen and oxygen atoms in total. The molecule has 0 amide bonds. The van der Waals surface area contributed by atoms with E-state index < -0.39 is 0 Å². The molecule has 0 N–H and O–H groups in total. The van der Waals surface area contributed by atoms with Crippen LogP contribution >= 0.6 is 0 Å². The molecule has 0 aliphatic heterocycles. The molecule has 0 saturated carbocycles. The monoisotopic (exact) mass is 350 g/mol. The van der Waals surface area contributed by atoms with Gasteiger partial charge in [0.05, 0.1) is 0 Å². The molecule has 134 valence electrons. The minimum atomic E-state index is 0.910. The van der Waals surface area contributed by atoms with Crippen molar-refractivity contribution in [3.63, 3.8) is 0 Å². The average molecular weight is 351 g/mol. The first-order valence-corrected chi connectivity index (χ1v) is 9.62. The highest BCUT2D eigenvalue weighted by Crippen LogP contribution is 2.41.